The van der Waals surface area contributed by atoms with E-state index < -0.39 is 0 Å². The Morgan fingerprint density at radius 1 is 1.27 bits per heavy atom. The van der Waals surface area contributed by atoms with Gasteiger partial charge in [-0.3, -0.25) is 4.79 Å². The summed E-state index contributed by atoms with van der Waals surface area (Å²) >= 11 is 7.22. The van der Waals surface area contributed by atoms with Crippen LogP contribution in [0, 0.1) is 6.92 Å². The SMILES string of the molecule is COc1cccc(-c2nnc(SCC(=O)Nc3cccc(Cl)c3C)o2)c1. The summed E-state index contributed by atoms with van der Waals surface area (Å²) in [5, 5.41) is 11.7. The van der Waals surface area contributed by atoms with Crippen LogP contribution in [0.15, 0.2) is 52.1 Å². The molecule has 1 amide bonds. The van der Waals surface area contributed by atoms with Gasteiger partial charge in [-0.15, -0.1) is 10.2 Å². The van der Waals surface area contributed by atoms with Gasteiger partial charge in [0.15, 0.2) is 0 Å². The molecule has 0 aliphatic carbocycles. The largest absolute Gasteiger partial charge is 0.497 e. The Morgan fingerprint density at radius 3 is 2.88 bits per heavy atom. The third-order valence-electron chi connectivity index (χ3n) is 3.59. The lowest BCUT2D eigenvalue weighted by molar-refractivity contribution is -0.113. The lowest BCUT2D eigenvalue weighted by atomic mass is 10.2. The Morgan fingerprint density at radius 2 is 2.08 bits per heavy atom. The third kappa shape index (κ3) is 4.36. The van der Waals surface area contributed by atoms with Crippen LogP contribution in [0.5, 0.6) is 5.75 Å². The summed E-state index contributed by atoms with van der Waals surface area (Å²) in [5.74, 6) is 1.04. The first kappa shape index (κ1) is 18.3. The molecule has 0 saturated heterocycles. The maximum atomic E-state index is 12.1. The molecule has 0 spiro atoms. The fourth-order valence-corrected chi connectivity index (χ4v) is 2.94. The van der Waals surface area contributed by atoms with Crippen LogP contribution in [0.2, 0.25) is 5.02 Å². The number of hydrogen-bond acceptors (Lipinski definition) is 6. The highest BCUT2D eigenvalue weighted by Gasteiger charge is 2.13. The van der Waals surface area contributed by atoms with Crippen molar-refractivity contribution in [3.8, 4) is 17.2 Å². The second kappa shape index (κ2) is 8.25. The van der Waals surface area contributed by atoms with Crippen LogP contribution in [0.25, 0.3) is 11.5 Å². The number of ether oxygens (including phenoxy) is 1. The van der Waals surface area contributed by atoms with Crippen molar-refractivity contribution >= 4 is 35.0 Å². The Labute approximate surface area is 159 Å². The summed E-state index contributed by atoms with van der Waals surface area (Å²) in [6.07, 6.45) is 0. The predicted octanol–water partition coefficient (Wildman–Crippen LogP) is 4.44. The van der Waals surface area contributed by atoms with Crippen molar-refractivity contribution in [3.05, 3.63) is 53.1 Å². The molecule has 2 aromatic carbocycles. The highest BCUT2D eigenvalue weighted by Crippen LogP contribution is 2.26. The summed E-state index contributed by atoms with van der Waals surface area (Å²) in [4.78, 5) is 12.1. The van der Waals surface area contributed by atoms with Gasteiger partial charge in [0.2, 0.25) is 11.8 Å². The van der Waals surface area contributed by atoms with Crippen molar-refractivity contribution in [1.29, 1.82) is 0 Å². The number of hydrogen-bond donors (Lipinski definition) is 1. The summed E-state index contributed by atoms with van der Waals surface area (Å²) < 4.78 is 10.8. The van der Waals surface area contributed by atoms with E-state index in [-0.39, 0.29) is 11.7 Å². The topological polar surface area (TPSA) is 77.2 Å². The Hall–Kier alpha value is -2.51. The number of rotatable bonds is 6. The minimum absolute atomic E-state index is 0.145. The number of anilines is 1. The number of benzene rings is 2. The summed E-state index contributed by atoms with van der Waals surface area (Å²) in [6.45, 7) is 1.85. The minimum atomic E-state index is -0.179. The van der Waals surface area contributed by atoms with Gasteiger partial charge in [-0.25, -0.2) is 0 Å². The van der Waals surface area contributed by atoms with Gasteiger partial charge in [-0.2, -0.15) is 0 Å². The molecule has 134 valence electrons. The average molecular weight is 390 g/mol. The fourth-order valence-electron chi connectivity index (χ4n) is 2.20. The van der Waals surface area contributed by atoms with Gasteiger partial charge in [0.05, 0.1) is 12.9 Å². The monoisotopic (exact) mass is 389 g/mol. The van der Waals surface area contributed by atoms with Gasteiger partial charge in [0.1, 0.15) is 5.75 Å². The molecule has 8 heteroatoms. The molecule has 0 saturated carbocycles. The van der Waals surface area contributed by atoms with Gasteiger partial charge in [-0.1, -0.05) is 35.5 Å². The highest BCUT2D eigenvalue weighted by molar-refractivity contribution is 7.99. The van der Waals surface area contributed by atoms with E-state index in [1.165, 1.54) is 11.8 Å². The van der Waals surface area contributed by atoms with E-state index in [0.29, 0.717) is 27.6 Å². The number of nitrogens with one attached hydrogen (secondary N) is 1. The van der Waals surface area contributed by atoms with Crippen LogP contribution in [0.3, 0.4) is 0 Å². The van der Waals surface area contributed by atoms with Crippen LogP contribution in [-0.2, 0) is 4.79 Å². The molecule has 0 aliphatic rings. The minimum Gasteiger partial charge on any atom is -0.497 e. The van der Waals surface area contributed by atoms with Gasteiger partial charge < -0.3 is 14.5 Å². The Kier molecular flexibility index (Phi) is 5.80. The quantitative estimate of drug-likeness (QED) is 0.628. The van der Waals surface area contributed by atoms with Crippen molar-refractivity contribution < 1.29 is 13.9 Å². The van der Waals surface area contributed by atoms with Crippen LogP contribution in [0.4, 0.5) is 5.69 Å². The first-order valence-electron chi connectivity index (χ1n) is 7.72. The van der Waals surface area contributed by atoms with Crippen LogP contribution in [0.1, 0.15) is 5.56 Å². The van der Waals surface area contributed by atoms with E-state index >= 15 is 0 Å². The maximum absolute atomic E-state index is 12.1. The molecule has 1 heterocycles. The summed E-state index contributed by atoms with van der Waals surface area (Å²) in [5.41, 5.74) is 2.26. The Bertz CT molecular complexity index is 930. The molecule has 0 aliphatic heterocycles. The van der Waals surface area contributed by atoms with Gasteiger partial charge in [-0.05, 0) is 42.8 Å². The van der Waals surface area contributed by atoms with E-state index in [1.807, 2.05) is 25.1 Å². The van der Waals surface area contributed by atoms with E-state index in [9.17, 15) is 4.79 Å². The lowest BCUT2D eigenvalue weighted by Crippen LogP contribution is -2.14. The number of thioether (sulfide) groups is 1. The zero-order chi connectivity index (χ0) is 18.5. The first-order chi connectivity index (χ1) is 12.6. The molecular weight excluding hydrogens is 374 g/mol. The van der Waals surface area contributed by atoms with E-state index in [0.717, 1.165) is 11.1 Å². The van der Waals surface area contributed by atoms with Crippen molar-refractivity contribution in [1.82, 2.24) is 10.2 Å². The van der Waals surface area contributed by atoms with E-state index in [2.05, 4.69) is 15.5 Å². The summed E-state index contributed by atoms with van der Waals surface area (Å²) in [7, 11) is 1.59. The summed E-state index contributed by atoms with van der Waals surface area (Å²) in [6, 6.07) is 12.7. The number of methoxy groups -OCH3 is 1. The van der Waals surface area contributed by atoms with Crippen LogP contribution in [-0.4, -0.2) is 29.0 Å². The molecule has 0 fully saturated rings. The number of amides is 1. The van der Waals surface area contributed by atoms with E-state index in [4.69, 9.17) is 20.8 Å². The van der Waals surface area contributed by atoms with E-state index in [1.54, 1.807) is 31.4 Å². The fraction of sp³-hybridized carbons (Fsp3) is 0.167. The normalized spacial score (nSPS) is 10.6. The molecule has 26 heavy (non-hydrogen) atoms. The molecule has 1 N–H and O–H groups in total. The highest BCUT2D eigenvalue weighted by atomic mass is 35.5. The van der Waals surface area contributed by atoms with Crippen LogP contribution >= 0.6 is 23.4 Å². The smallest absolute Gasteiger partial charge is 0.277 e. The number of halogens is 1. The lowest BCUT2D eigenvalue weighted by Gasteiger charge is -2.08. The van der Waals surface area contributed by atoms with Crippen molar-refractivity contribution in [2.24, 2.45) is 0 Å². The number of carbonyl (C=O) groups is 1. The van der Waals surface area contributed by atoms with Crippen molar-refractivity contribution in [2.45, 2.75) is 12.1 Å². The molecule has 3 rings (SSSR count). The van der Waals surface area contributed by atoms with Crippen LogP contribution < -0.4 is 10.1 Å². The van der Waals surface area contributed by atoms with Crippen molar-refractivity contribution in [3.63, 3.8) is 0 Å². The maximum Gasteiger partial charge on any atom is 0.277 e. The number of carbonyl (C=O) groups excluding carboxylic acids is 1. The molecular formula is C18H16ClN3O3S. The molecule has 6 nitrogen and oxygen atoms in total. The third-order valence-corrected chi connectivity index (χ3v) is 4.82. The zero-order valence-corrected chi connectivity index (χ0v) is 15.7. The standard InChI is InChI=1S/C18H16ClN3O3S/c1-11-14(19)7-4-8-15(11)20-16(23)10-26-18-22-21-17(25-18)12-5-3-6-13(9-12)24-2/h3-9H,10H2,1-2H3,(H,20,23). The van der Waals surface area contributed by atoms with Crippen molar-refractivity contribution in [2.75, 3.05) is 18.2 Å². The second-order valence-corrected chi connectivity index (χ2v) is 6.69. The molecule has 0 radical (unpaired) electrons. The van der Waals surface area contributed by atoms with Gasteiger partial charge in [0, 0.05) is 16.3 Å². The molecule has 0 bridgehead atoms. The number of nitrogens with zero attached hydrogens (tertiary/aromatic N) is 2. The second-order valence-electron chi connectivity index (χ2n) is 5.35. The first-order valence-corrected chi connectivity index (χ1v) is 9.09. The number of aromatic nitrogens is 2. The van der Waals surface area contributed by atoms with Gasteiger partial charge >= 0.3 is 0 Å². The predicted molar refractivity (Wildman–Crippen MR) is 102 cm³/mol. The molecule has 0 unspecified atom stereocenters. The molecule has 0 atom stereocenters. The molecule has 3 aromatic rings. The average Bonchev–Trinajstić information content (AvgIpc) is 3.13. The zero-order valence-electron chi connectivity index (χ0n) is 14.2. The molecule has 1 aromatic heterocycles. The Balaban J connectivity index is 1.61. The van der Waals surface area contributed by atoms with Gasteiger partial charge in [0.25, 0.3) is 5.22 Å².